The van der Waals surface area contributed by atoms with Crippen LogP contribution in [0.2, 0.25) is 0 Å². The number of carbonyl (C=O) groups excluding carboxylic acids is 1. The third-order valence-electron chi connectivity index (χ3n) is 5.63. The van der Waals surface area contributed by atoms with Crippen molar-refractivity contribution in [1.82, 2.24) is 25.0 Å². The molecule has 4 rings (SSSR count). The second-order valence-corrected chi connectivity index (χ2v) is 8.72. The van der Waals surface area contributed by atoms with Crippen molar-refractivity contribution in [3.63, 3.8) is 0 Å². The largest absolute Gasteiger partial charge is 0.373 e. The van der Waals surface area contributed by atoms with Gasteiger partial charge in [0.2, 0.25) is 0 Å². The molecule has 1 fully saturated rings. The van der Waals surface area contributed by atoms with Gasteiger partial charge in [-0.3, -0.25) is 9.69 Å². The first kappa shape index (κ1) is 21.5. The highest BCUT2D eigenvalue weighted by Gasteiger charge is 2.22. The average Bonchev–Trinajstić information content (AvgIpc) is 3.16. The van der Waals surface area contributed by atoms with Crippen molar-refractivity contribution >= 4 is 16.9 Å². The minimum Gasteiger partial charge on any atom is -0.373 e. The monoisotopic (exact) mass is 421 g/mol. The van der Waals surface area contributed by atoms with E-state index in [-0.39, 0.29) is 24.2 Å². The molecule has 2 unspecified atom stereocenters. The topological polar surface area (TPSA) is 72.3 Å². The van der Waals surface area contributed by atoms with Crippen molar-refractivity contribution in [1.29, 1.82) is 0 Å². The number of ether oxygens (including phenoxy) is 1. The van der Waals surface area contributed by atoms with Crippen molar-refractivity contribution < 1.29 is 9.53 Å². The summed E-state index contributed by atoms with van der Waals surface area (Å²) in [6.45, 7) is 11.5. The molecule has 164 valence electrons. The molecular weight excluding hydrogens is 390 g/mol. The summed E-state index contributed by atoms with van der Waals surface area (Å²) in [5, 5.41) is 8.30. The second-order valence-electron chi connectivity index (χ2n) is 8.72. The molecule has 7 nitrogen and oxygen atoms in total. The lowest BCUT2D eigenvalue weighted by Crippen LogP contribution is -2.45. The highest BCUT2D eigenvalue weighted by molar-refractivity contribution is 5.96. The molecule has 1 amide bonds. The summed E-state index contributed by atoms with van der Waals surface area (Å²) in [5.41, 5.74) is 3.70. The van der Waals surface area contributed by atoms with Crippen molar-refractivity contribution in [3.8, 4) is 0 Å². The molecule has 1 saturated heterocycles. The summed E-state index contributed by atoms with van der Waals surface area (Å²) in [5.74, 6) is -0.130. The fourth-order valence-corrected chi connectivity index (χ4v) is 4.26. The number of carbonyl (C=O) groups is 1. The van der Waals surface area contributed by atoms with E-state index in [0.717, 1.165) is 36.2 Å². The van der Waals surface area contributed by atoms with Gasteiger partial charge in [-0.1, -0.05) is 24.3 Å². The summed E-state index contributed by atoms with van der Waals surface area (Å²) in [6, 6.07) is 10.4. The van der Waals surface area contributed by atoms with Crippen molar-refractivity contribution in [2.75, 3.05) is 13.1 Å². The molecule has 2 aromatic heterocycles. The highest BCUT2D eigenvalue weighted by Crippen LogP contribution is 2.18. The number of nitrogens with zero attached hydrogens (tertiary/aromatic N) is 4. The molecule has 2 atom stereocenters. The lowest BCUT2D eigenvalue weighted by atomic mass is 10.1. The van der Waals surface area contributed by atoms with Gasteiger partial charge in [-0.05, 0) is 44.9 Å². The fourth-order valence-electron chi connectivity index (χ4n) is 4.26. The minimum absolute atomic E-state index is 0.130. The van der Waals surface area contributed by atoms with E-state index in [9.17, 15) is 4.79 Å². The number of amides is 1. The Labute approximate surface area is 183 Å². The van der Waals surface area contributed by atoms with Crippen LogP contribution in [0.25, 0.3) is 11.0 Å². The molecule has 0 radical (unpaired) electrons. The Balaban J connectivity index is 1.43. The number of aromatic nitrogens is 3. The van der Waals surface area contributed by atoms with E-state index < -0.39 is 0 Å². The number of hydrogen-bond donors (Lipinski definition) is 1. The van der Waals surface area contributed by atoms with Gasteiger partial charge in [0, 0.05) is 43.8 Å². The predicted molar refractivity (Wildman–Crippen MR) is 121 cm³/mol. The summed E-state index contributed by atoms with van der Waals surface area (Å²) in [7, 11) is 0. The van der Waals surface area contributed by atoms with Gasteiger partial charge in [-0.15, -0.1) is 0 Å². The zero-order chi connectivity index (χ0) is 22.0. The van der Waals surface area contributed by atoms with E-state index in [1.165, 1.54) is 5.56 Å². The van der Waals surface area contributed by atoms with E-state index in [4.69, 9.17) is 4.74 Å². The van der Waals surface area contributed by atoms with E-state index in [1.807, 2.05) is 16.8 Å². The lowest BCUT2D eigenvalue weighted by Gasteiger charge is -2.35. The number of pyridine rings is 1. The molecule has 0 bridgehead atoms. The number of hydrogen-bond acceptors (Lipinski definition) is 5. The number of fused-ring (bicyclic) bond motifs is 1. The molecule has 1 aromatic carbocycles. The standard InChI is InChI=1S/C24H31N5O2/c1-16(2)29-23-21(12-27-29)9-22(11-25-23)24(30)26-10-19-7-5-6-8-20(19)15-28-13-17(3)31-18(4)14-28/h5-9,11-12,16-18H,10,13-15H2,1-4H3,(H,26,30). The Morgan fingerprint density at radius 3 is 2.58 bits per heavy atom. The van der Waals surface area contributed by atoms with Crippen LogP contribution in [0.5, 0.6) is 0 Å². The maximum absolute atomic E-state index is 12.8. The minimum atomic E-state index is -0.130. The van der Waals surface area contributed by atoms with Gasteiger partial charge in [0.25, 0.3) is 5.91 Å². The highest BCUT2D eigenvalue weighted by atomic mass is 16.5. The van der Waals surface area contributed by atoms with Gasteiger partial charge >= 0.3 is 0 Å². The van der Waals surface area contributed by atoms with Gasteiger partial charge in [0.05, 0.1) is 24.0 Å². The average molecular weight is 422 g/mol. The van der Waals surface area contributed by atoms with Crippen molar-refractivity contribution in [2.45, 2.75) is 59.0 Å². The van der Waals surface area contributed by atoms with Gasteiger partial charge < -0.3 is 10.1 Å². The van der Waals surface area contributed by atoms with E-state index in [2.05, 4.69) is 66.2 Å². The molecule has 3 aromatic rings. The summed E-state index contributed by atoms with van der Waals surface area (Å²) >= 11 is 0. The molecule has 1 aliphatic heterocycles. The summed E-state index contributed by atoms with van der Waals surface area (Å²) in [4.78, 5) is 19.7. The van der Waals surface area contributed by atoms with Crippen LogP contribution in [0.4, 0.5) is 0 Å². The zero-order valence-corrected chi connectivity index (χ0v) is 18.7. The summed E-state index contributed by atoms with van der Waals surface area (Å²) < 4.78 is 7.71. The number of rotatable bonds is 6. The number of benzene rings is 1. The molecular formula is C24H31N5O2. The first-order valence-electron chi connectivity index (χ1n) is 11.0. The predicted octanol–water partition coefficient (Wildman–Crippen LogP) is 3.55. The van der Waals surface area contributed by atoms with E-state index in [1.54, 1.807) is 12.4 Å². The van der Waals surface area contributed by atoms with Gasteiger partial charge in [0.1, 0.15) is 0 Å². The molecule has 0 saturated carbocycles. The fraction of sp³-hybridized carbons (Fsp3) is 0.458. The molecule has 31 heavy (non-hydrogen) atoms. The summed E-state index contributed by atoms with van der Waals surface area (Å²) in [6.07, 6.45) is 3.86. The third kappa shape index (κ3) is 4.94. The van der Waals surface area contributed by atoms with Crippen LogP contribution in [0.15, 0.2) is 42.7 Å². The van der Waals surface area contributed by atoms with Crippen molar-refractivity contribution in [2.24, 2.45) is 0 Å². The second kappa shape index (κ2) is 9.16. The molecule has 1 N–H and O–H groups in total. The Morgan fingerprint density at radius 1 is 1.16 bits per heavy atom. The molecule has 3 heterocycles. The molecule has 0 aliphatic carbocycles. The smallest absolute Gasteiger partial charge is 0.253 e. The third-order valence-corrected chi connectivity index (χ3v) is 5.63. The van der Waals surface area contributed by atoms with Crippen LogP contribution in [0.3, 0.4) is 0 Å². The first-order valence-corrected chi connectivity index (χ1v) is 11.0. The quantitative estimate of drug-likeness (QED) is 0.659. The molecule has 7 heteroatoms. The normalized spacial score (nSPS) is 19.8. The van der Waals surface area contributed by atoms with Crippen LogP contribution in [0.1, 0.15) is 55.2 Å². The van der Waals surface area contributed by atoms with E-state index in [0.29, 0.717) is 12.1 Å². The maximum atomic E-state index is 12.8. The van der Waals surface area contributed by atoms with Crippen LogP contribution < -0.4 is 5.32 Å². The Kier molecular flexibility index (Phi) is 6.34. The van der Waals surface area contributed by atoms with Crippen molar-refractivity contribution in [3.05, 3.63) is 59.4 Å². The van der Waals surface area contributed by atoms with Gasteiger partial charge in [-0.25, -0.2) is 9.67 Å². The first-order chi connectivity index (χ1) is 14.9. The SMILES string of the molecule is CC1CN(Cc2ccccc2CNC(=O)c2cnc3c(cnn3C(C)C)c2)CC(C)O1. The van der Waals surface area contributed by atoms with Crippen LogP contribution in [-0.2, 0) is 17.8 Å². The van der Waals surface area contributed by atoms with Crippen LogP contribution in [-0.4, -0.2) is 50.9 Å². The van der Waals surface area contributed by atoms with Gasteiger partial charge in [-0.2, -0.15) is 5.10 Å². The number of morpholine rings is 1. The molecule has 1 aliphatic rings. The molecule has 0 spiro atoms. The maximum Gasteiger partial charge on any atom is 0.253 e. The zero-order valence-electron chi connectivity index (χ0n) is 18.7. The Morgan fingerprint density at radius 2 is 1.87 bits per heavy atom. The Hall–Kier alpha value is -2.77. The lowest BCUT2D eigenvalue weighted by molar-refractivity contribution is -0.0705. The Bertz CT molecular complexity index is 1050. The van der Waals surface area contributed by atoms with E-state index >= 15 is 0 Å². The van der Waals surface area contributed by atoms with Crippen LogP contribution in [0, 0.1) is 0 Å². The van der Waals surface area contributed by atoms with Crippen LogP contribution >= 0.6 is 0 Å². The number of nitrogens with one attached hydrogen (secondary N) is 1. The van der Waals surface area contributed by atoms with Gasteiger partial charge in [0.15, 0.2) is 5.65 Å².